The molecule has 0 radical (unpaired) electrons. The third kappa shape index (κ3) is 4.91. The Hall–Kier alpha value is -2.65. The lowest BCUT2D eigenvalue weighted by Crippen LogP contribution is -2.23. The molecular weight excluding hydrogens is 418 g/mol. The molecule has 158 valence electrons. The Kier molecular flexibility index (Phi) is 7.28. The molecule has 30 heavy (non-hydrogen) atoms. The van der Waals surface area contributed by atoms with Crippen molar-refractivity contribution in [3.05, 3.63) is 52.8 Å². The number of nitrogens with one attached hydrogen (secondary N) is 1. The van der Waals surface area contributed by atoms with Crippen LogP contribution in [0.4, 0.5) is 10.8 Å². The Labute approximate surface area is 183 Å². The highest BCUT2D eigenvalue weighted by molar-refractivity contribution is 7.99. The number of carbonyl (C=O) groups is 1. The summed E-state index contributed by atoms with van der Waals surface area (Å²) in [6.07, 6.45) is 1.65. The fourth-order valence-corrected chi connectivity index (χ4v) is 4.83. The van der Waals surface area contributed by atoms with Crippen LogP contribution < -0.4 is 15.8 Å². The van der Waals surface area contributed by atoms with Crippen LogP contribution in [0, 0.1) is 6.92 Å². The van der Waals surface area contributed by atoms with Gasteiger partial charge >= 0.3 is 0 Å². The van der Waals surface area contributed by atoms with E-state index in [1.807, 2.05) is 45.0 Å². The second kappa shape index (κ2) is 9.90. The molecule has 1 N–H and O–H groups in total. The molecule has 0 saturated heterocycles. The summed E-state index contributed by atoms with van der Waals surface area (Å²) in [5.74, 6) is -0.0250. The highest BCUT2D eigenvalue weighted by atomic mass is 32.2. The number of amides is 1. The third-order valence-corrected chi connectivity index (χ3v) is 6.52. The van der Waals surface area contributed by atoms with Crippen LogP contribution in [0.3, 0.4) is 0 Å². The molecule has 0 aliphatic carbocycles. The van der Waals surface area contributed by atoms with Crippen molar-refractivity contribution in [1.82, 2.24) is 14.5 Å². The predicted octanol–water partition coefficient (Wildman–Crippen LogP) is 3.92. The number of fused-ring (bicyclic) bond motifs is 1. The van der Waals surface area contributed by atoms with E-state index in [0.29, 0.717) is 22.0 Å². The standard InChI is InChI=1S/C21H25N5O2S2/c1-5-11-26-19(28)17-18(23-20(30-17)25(6-2)7-3)24-21(26)29-13-16(27)22-15-10-8-9-14(4)12-15/h5,8-10,12H,1,6-7,11,13H2,2-4H3,(H,22,27). The van der Waals surface area contributed by atoms with E-state index in [4.69, 9.17) is 0 Å². The van der Waals surface area contributed by atoms with Gasteiger partial charge in [-0.3, -0.25) is 14.2 Å². The van der Waals surface area contributed by atoms with Crippen LogP contribution in [-0.2, 0) is 11.3 Å². The first-order valence-electron chi connectivity index (χ1n) is 9.73. The van der Waals surface area contributed by atoms with Crippen LogP contribution in [0.25, 0.3) is 10.3 Å². The molecule has 3 aromatic rings. The molecular formula is C21H25N5O2S2. The van der Waals surface area contributed by atoms with Crippen LogP contribution in [0.2, 0.25) is 0 Å². The first kappa shape index (κ1) is 22.0. The number of allylic oxidation sites excluding steroid dienone is 1. The molecule has 1 amide bonds. The smallest absolute Gasteiger partial charge is 0.274 e. The molecule has 0 bridgehead atoms. The van der Waals surface area contributed by atoms with Crippen molar-refractivity contribution >= 4 is 50.2 Å². The highest BCUT2D eigenvalue weighted by Crippen LogP contribution is 2.27. The van der Waals surface area contributed by atoms with Crippen LogP contribution in [0.1, 0.15) is 19.4 Å². The van der Waals surface area contributed by atoms with Gasteiger partial charge in [0.25, 0.3) is 5.56 Å². The zero-order valence-corrected chi connectivity index (χ0v) is 19.0. The molecule has 0 fully saturated rings. The molecule has 0 spiro atoms. The first-order valence-corrected chi connectivity index (χ1v) is 11.5. The number of hydrogen-bond acceptors (Lipinski definition) is 7. The van der Waals surface area contributed by atoms with Crippen LogP contribution >= 0.6 is 23.1 Å². The van der Waals surface area contributed by atoms with Crippen molar-refractivity contribution in [2.45, 2.75) is 32.5 Å². The fourth-order valence-electron chi connectivity index (χ4n) is 2.96. The average Bonchev–Trinajstić information content (AvgIpc) is 3.14. The number of benzene rings is 1. The normalized spacial score (nSPS) is 10.9. The molecule has 2 heterocycles. The second-order valence-electron chi connectivity index (χ2n) is 6.63. The van der Waals surface area contributed by atoms with E-state index in [1.54, 1.807) is 10.6 Å². The van der Waals surface area contributed by atoms with Gasteiger partial charge in [0.1, 0.15) is 4.70 Å². The molecule has 7 nitrogen and oxygen atoms in total. The van der Waals surface area contributed by atoms with Gasteiger partial charge in [0, 0.05) is 25.3 Å². The van der Waals surface area contributed by atoms with Gasteiger partial charge in [0.15, 0.2) is 15.9 Å². The molecule has 9 heteroatoms. The van der Waals surface area contributed by atoms with E-state index in [9.17, 15) is 9.59 Å². The molecule has 1 aromatic carbocycles. The number of rotatable bonds is 9. The minimum absolute atomic E-state index is 0.135. The van der Waals surface area contributed by atoms with Gasteiger partial charge in [0.05, 0.1) is 5.75 Å². The lowest BCUT2D eigenvalue weighted by atomic mass is 10.2. The summed E-state index contributed by atoms with van der Waals surface area (Å²) in [7, 11) is 0. The molecule has 0 aliphatic heterocycles. The molecule has 0 unspecified atom stereocenters. The summed E-state index contributed by atoms with van der Waals surface area (Å²) in [4.78, 5) is 36.7. The molecule has 3 rings (SSSR count). The maximum atomic E-state index is 13.0. The lowest BCUT2D eigenvalue weighted by molar-refractivity contribution is -0.113. The largest absolute Gasteiger partial charge is 0.349 e. The zero-order valence-electron chi connectivity index (χ0n) is 17.3. The van der Waals surface area contributed by atoms with Crippen molar-refractivity contribution in [2.75, 3.05) is 29.1 Å². The number of carbonyl (C=O) groups excluding carboxylic acids is 1. The minimum Gasteiger partial charge on any atom is -0.349 e. The van der Waals surface area contributed by atoms with E-state index in [-0.39, 0.29) is 17.2 Å². The summed E-state index contributed by atoms with van der Waals surface area (Å²) < 4.78 is 2.07. The number of aromatic nitrogens is 3. The first-order chi connectivity index (χ1) is 14.5. The van der Waals surface area contributed by atoms with Crippen LogP contribution in [0.5, 0.6) is 0 Å². The maximum absolute atomic E-state index is 13.0. The lowest BCUT2D eigenvalue weighted by Gasteiger charge is -2.15. The number of nitrogens with zero attached hydrogens (tertiary/aromatic N) is 4. The number of aryl methyl sites for hydroxylation is 1. The maximum Gasteiger partial charge on any atom is 0.274 e. The summed E-state index contributed by atoms with van der Waals surface area (Å²) in [6.45, 7) is 11.7. The Balaban J connectivity index is 1.86. The molecule has 0 aliphatic rings. The van der Waals surface area contributed by atoms with E-state index < -0.39 is 0 Å². The summed E-state index contributed by atoms with van der Waals surface area (Å²) >= 11 is 2.57. The second-order valence-corrected chi connectivity index (χ2v) is 8.55. The van der Waals surface area contributed by atoms with E-state index in [1.165, 1.54) is 23.1 Å². The van der Waals surface area contributed by atoms with Crippen LogP contribution in [0.15, 0.2) is 46.9 Å². The van der Waals surface area contributed by atoms with E-state index in [2.05, 4.69) is 26.8 Å². The van der Waals surface area contributed by atoms with Crippen molar-refractivity contribution in [3.63, 3.8) is 0 Å². The summed E-state index contributed by atoms with van der Waals surface area (Å²) in [5, 5.41) is 4.12. The Morgan fingerprint density at radius 2 is 2.10 bits per heavy atom. The van der Waals surface area contributed by atoms with Crippen molar-refractivity contribution in [2.24, 2.45) is 0 Å². The molecule has 2 aromatic heterocycles. The van der Waals surface area contributed by atoms with E-state index in [0.717, 1.165) is 29.5 Å². The number of hydrogen-bond donors (Lipinski definition) is 1. The third-order valence-electron chi connectivity index (χ3n) is 4.45. The van der Waals surface area contributed by atoms with Crippen LogP contribution in [-0.4, -0.2) is 39.3 Å². The number of anilines is 2. The van der Waals surface area contributed by atoms with Crippen molar-refractivity contribution in [3.8, 4) is 0 Å². The van der Waals surface area contributed by atoms with Gasteiger partial charge in [-0.25, -0.2) is 4.98 Å². The minimum atomic E-state index is -0.160. The Morgan fingerprint density at radius 3 is 2.77 bits per heavy atom. The average molecular weight is 444 g/mol. The number of thiazole rings is 1. The summed E-state index contributed by atoms with van der Waals surface area (Å²) in [5.41, 5.74) is 2.09. The topological polar surface area (TPSA) is 80.1 Å². The molecule has 0 atom stereocenters. The Bertz CT molecular complexity index is 1120. The fraction of sp³-hybridized carbons (Fsp3) is 0.333. The highest BCUT2D eigenvalue weighted by Gasteiger charge is 2.18. The SMILES string of the molecule is C=CCn1c(SCC(=O)Nc2cccc(C)c2)nc2nc(N(CC)CC)sc2c1=O. The van der Waals surface area contributed by atoms with Gasteiger partial charge in [0.2, 0.25) is 5.91 Å². The van der Waals surface area contributed by atoms with Gasteiger partial charge in [-0.05, 0) is 38.5 Å². The zero-order chi connectivity index (χ0) is 21.7. The quantitative estimate of drug-likeness (QED) is 0.307. The Morgan fingerprint density at radius 1 is 1.33 bits per heavy atom. The van der Waals surface area contributed by atoms with E-state index >= 15 is 0 Å². The van der Waals surface area contributed by atoms with Gasteiger partial charge < -0.3 is 10.2 Å². The van der Waals surface area contributed by atoms with Gasteiger partial charge in [-0.2, -0.15) is 4.98 Å². The monoisotopic (exact) mass is 443 g/mol. The molecule has 0 saturated carbocycles. The van der Waals surface area contributed by atoms with Gasteiger partial charge in [-0.15, -0.1) is 6.58 Å². The van der Waals surface area contributed by atoms with Crippen molar-refractivity contribution < 1.29 is 4.79 Å². The van der Waals surface area contributed by atoms with Gasteiger partial charge in [-0.1, -0.05) is 41.3 Å². The predicted molar refractivity (Wildman–Crippen MR) is 126 cm³/mol. The van der Waals surface area contributed by atoms with Crippen molar-refractivity contribution in [1.29, 1.82) is 0 Å². The summed E-state index contributed by atoms with van der Waals surface area (Å²) in [6, 6.07) is 7.62. The number of thioether (sulfide) groups is 1.